The lowest BCUT2D eigenvalue weighted by molar-refractivity contribution is -0.467. The molecule has 9 nitrogen and oxygen atoms in total. The van der Waals surface area contributed by atoms with Crippen molar-refractivity contribution in [3.63, 3.8) is 0 Å². The summed E-state index contributed by atoms with van der Waals surface area (Å²) in [5, 5.41) is 15.7. The molecule has 0 aliphatic carbocycles. The number of rotatable bonds is 13. The SMILES string of the molecule is CCCC[C@@H](NC(=O)[C@@H](CCC)NC(=O)OCc1ccccc1)C(=O)C[N+](=O)[O-]. The van der Waals surface area contributed by atoms with Gasteiger partial charge in [0, 0.05) is 4.92 Å². The highest BCUT2D eigenvalue weighted by atomic mass is 16.6. The fourth-order valence-corrected chi connectivity index (χ4v) is 2.70. The molecular formula is C20H29N3O6. The summed E-state index contributed by atoms with van der Waals surface area (Å²) in [4.78, 5) is 46.7. The molecule has 0 saturated carbocycles. The number of nitrogens with one attached hydrogen (secondary N) is 2. The number of alkyl carbamates (subject to hydrolysis) is 1. The van der Waals surface area contributed by atoms with E-state index in [1.54, 1.807) is 0 Å². The zero-order chi connectivity index (χ0) is 21.6. The van der Waals surface area contributed by atoms with Gasteiger partial charge in [-0.05, 0) is 18.4 Å². The molecule has 2 amide bonds. The summed E-state index contributed by atoms with van der Waals surface area (Å²) in [5.41, 5.74) is 0.809. The van der Waals surface area contributed by atoms with E-state index in [2.05, 4.69) is 10.6 Å². The van der Waals surface area contributed by atoms with Gasteiger partial charge in [-0.15, -0.1) is 0 Å². The van der Waals surface area contributed by atoms with Crippen LogP contribution in [0, 0.1) is 10.1 Å². The Balaban J connectivity index is 2.68. The highest BCUT2D eigenvalue weighted by Gasteiger charge is 2.28. The summed E-state index contributed by atoms with van der Waals surface area (Å²) in [6.45, 7) is 2.98. The summed E-state index contributed by atoms with van der Waals surface area (Å²) in [6, 6.07) is 7.27. The molecule has 0 radical (unpaired) electrons. The molecule has 0 heterocycles. The van der Waals surface area contributed by atoms with Crippen molar-refractivity contribution >= 4 is 17.8 Å². The fourth-order valence-electron chi connectivity index (χ4n) is 2.70. The number of nitrogens with zero attached hydrogens (tertiary/aromatic N) is 1. The van der Waals surface area contributed by atoms with E-state index in [1.165, 1.54) is 0 Å². The maximum Gasteiger partial charge on any atom is 0.408 e. The molecule has 1 rings (SSSR count). The van der Waals surface area contributed by atoms with Gasteiger partial charge in [-0.3, -0.25) is 19.7 Å². The van der Waals surface area contributed by atoms with Gasteiger partial charge in [-0.2, -0.15) is 0 Å². The van der Waals surface area contributed by atoms with Gasteiger partial charge in [-0.25, -0.2) is 4.79 Å². The first-order valence-corrected chi connectivity index (χ1v) is 9.79. The first-order valence-electron chi connectivity index (χ1n) is 9.79. The van der Waals surface area contributed by atoms with Crippen molar-refractivity contribution in [3.8, 4) is 0 Å². The van der Waals surface area contributed by atoms with E-state index in [0.29, 0.717) is 25.7 Å². The molecule has 160 valence electrons. The van der Waals surface area contributed by atoms with Crippen LogP contribution in [0.15, 0.2) is 30.3 Å². The number of benzene rings is 1. The maximum absolute atomic E-state index is 12.6. The molecule has 0 fully saturated rings. The van der Waals surface area contributed by atoms with Crippen molar-refractivity contribution in [2.75, 3.05) is 6.54 Å². The number of carbonyl (C=O) groups excluding carboxylic acids is 3. The molecule has 2 atom stereocenters. The minimum atomic E-state index is -0.950. The van der Waals surface area contributed by atoms with Crippen molar-refractivity contribution in [3.05, 3.63) is 46.0 Å². The molecule has 0 saturated heterocycles. The van der Waals surface area contributed by atoms with Crippen LogP contribution in [0.5, 0.6) is 0 Å². The van der Waals surface area contributed by atoms with Crippen LogP contribution in [0.2, 0.25) is 0 Å². The highest BCUT2D eigenvalue weighted by Crippen LogP contribution is 2.06. The van der Waals surface area contributed by atoms with E-state index < -0.39 is 41.3 Å². The van der Waals surface area contributed by atoms with Gasteiger partial charge in [-0.1, -0.05) is 63.4 Å². The third kappa shape index (κ3) is 9.68. The largest absolute Gasteiger partial charge is 0.445 e. The topological polar surface area (TPSA) is 128 Å². The second-order valence-electron chi connectivity index (χ2n) is 6.71. The Morgan fingerprint density at radius 3 is 2.31 bits per heavy atom. The average Bonchev–Trinajstić information content (AvgIpc) is 2.69. The monoisotopic (exact) mass is 407 g/mol. The molecule has 2 N–H and O–H groups in total. The molecule has 0 aliphatic rings. The number of hydrogen-bond acceptors (Lipinski definition) is 6. The number of nitro groups is 1. The van der Waals surface area contributed by atoms with Gasteiger partial charge in [0.15, 0.2) is 0 Å². The molecule has 0 spiro atoms. The summed E-state index contributed by atoms with van der Waals surface area (Å²) in [7, 11) is 0. The predicted molar refractivity (Wildman–Crippen MR) is 107 cm³/mol. The predicted octanol–water partition coefficient (Wildman–Crippen LogP) is 2.60. The number of unbranched alkanes of at least 4 members (excludes halogenated alkanes) is 1. The van der Waals surface area contributed by atoms with E-state index in [0.717, 1.165) is 12.0 Å². The Bertz CT molecular complexity index is 680. The number of ether oxygens (including phenoxy) is 1. The second-order valence-corrected chi connectivity index (χ2v) is 6.71. The lowest BCUT2D eigenvalue weighted by atomic mass is 10.0. The summed E-state index contributed by atoms with van der Waals surface area (Å²) < 4.78 is 5.14. The van der Waals surface area contributed by atoms with E-state index in [-0.39, 0.29) is 6.61 Å². The molecule has 0 aliphatic heterocycles. The van der Waals surface area contributed by atoms with Gasteiger partial charge in [0.05, 0.1) is 6.04 Å². The Hall–Kier alpha value is -2.97. The Morgan fingerprint density at radius 2 is 1.72 bits per heavy atom. The van der Waals surface area contributed by atoms with Crippen molar-refractivity contribution in [2.24, 2.45) is 0 Å². The smallest absolute Gasteiger partial charge is 0.408 e. The zero-order valence-electron chi connectivity index (χ0n) is 16.9. The average molecular weight is 407 g/mol. The van der Waals surface area contributed by atoms with E-state index in [4.69, 9.17) is 4.74 Å². The van der Waals surface area contributed by atoms with E-state index in [1.807, 2.05) is 44.2 Å². The van der Waals surface area contributed by atoms with Crippen LogP contribution < -0.4 is 10.6 Å². The van der Waals surface area contributed by atoms with Crippen LogP contribution >= 0.6 is 0 Å². The van der Waals surface area contributed by atoms with Crippen molar-refractivity contribution < 1.29 is 24.0 Å². The number of amides is 2. The number of hydrogen-bond donors (Lipinski definition) is 2. The summed E-state index contributed by atoms with van der Waals surface area (Å²) in [5.74, 6) is -1.21. The van der Waals surface area contributed by atoms with Gasteiger partial charge < -0.3 is 15.4 Å². The van der Waals surface area contributed by atoms with E-state index in [9.17, 15) is 24.5 Å². The third-order valence-electron chi connectivity index (χ3n) is 4.24. The van der Waals surface area contributed by atoms with Crippen LogP contribution in [-0.4, -0.2) is 41.3 Å². The maximum atomic E-state index is 12.6. The van der Waals surface area contributed by atoms with Crippen LogP contribution in [0.25, 0.3) is 0 Å². The lowest BCUT2D eigenvalue weighted by Gasteiger charge is -2.21. The number of Topliss-reactive ketones (excluding diaryl/α,β-unsaturated/α-hetero) is 1. The number of carbonyl (C=O) groups is 3. The fraction of sp³-hybridized carbons (Fsp3) is 0.550. The number of ketones is 1. The van der Waals surface area contributed by atoms with Crippen LogP contribution in [0.4, 0.5) is 4.79 Å². The molecule has 29 heavy (non-hydrogen) atoms. The summed E-state index contributed by atoms with van der Waals surface area (Å²) >= 11 is 0. The Morgan fingerprint density at radius 1 is 1.03 bits per heavy atom. The molecule has 1 aromatic rings. The Labute approximate surface area is 170 Å². The second kappa shape index (κ2) is 13.2. The molecule has 9 heteroatoms. The standard InChI is InChI=1S/C20H29N3O6/c1-3-5-12-16(18(24)13-23(27)28)21-19(25)17(9-4-2)22-20(26)29-14-15-10-7-6-8-11-15/h6-8,10-11,16-17H,3-5,9,12-14H2,1-2H3,(H,21,25)(H,22,26)/t16-,17-/m1/s1. The van der Waals surface area contributed by atoms with Crippen LogP contribution in [0.3, 0.4) is 0 Å². The normalized spacial score (nSPS) is 12.5. The molecule has 1 aromatic carbocycles. The lowest BCUT2D eigenvalue weighted by Crippen LogP contribution is -2.52. The minimum absolute atomic E-state index is 0.0631. The van der Waals surface area contributed by atoms with Gasteiger partial charge in [0.1, 0.15) is 12.6 Å². The van der Waals surface area contributed by atoms with Gasteiger partial charge in [0.25, 0.3) is 6.54 Å². The zero-order valence-corrected chi connectivity index (χ0v) is 16.9. The quantitative estimate of drug-likeness (QED) is 0.382. The van der Waals surface area contributed by atoms with Crippen molar-refractivity contribution in [2.45, 2.75) is 64.6 Å². The van der Waals surface area contributed by atoms with Gasteiger partial charge in [0.2, 0.25) is 11.7 Å². The summed E-state index contributed by atoms with van der Waals surface area (Å²) in [6.07, 6.45) is 1.94. The molecule has 0 aromatic heterocycles. The molecule has 0 bridgehead atoms. The van der Waals surface area contributed by atoms with Gasteiger partial charge >= 0.3 is 6.09 Å². The van der Waals surface area contributed by atoms with Crippen LogP contribution in [0.1, 0.15) is 51.5 Å². The van der Waals surface area contributed by atoms with Crippen molar-refractivity contribution in [1.82, 2.24) is 10.6 Å². The first kappa shape index (κ1) is 24.1. The third-order valence-corrected chi connectivity index (χ3v) is 4.24. The molecule has 0 unspecified atom stereocenters. The first-order chi connectivity index (χ1) is 13.9. The highest BCUT2D eigenvalue weighted by molar-refractivity contribution is 5.92. The van der Waals surface area contributed by atoms with Crippen LogP contribution in [-0.2, 0) is 20.9 Å². The molecular weight excluding hydrogens is 378 g/mol. The minimum Gasteiger partial charge on any atom is -0.445 e. The van der Waals surface area contributed by atoms with Crippen molar-refractivity contribution in [1.29, 1.82) is 0 Å². The Kier molecular flexibility index (Phi) is 11.0. The van der Waals surface area contributed by atoms with E-state index >= 15 is 0 Å².